The van der Waals surface area contributed by atoms with E-state index >= 15 is 0 Å². The van der Waals surface area contributed by atoms with Gasteiger partial charge < -0.3 is 14.2 Å². The quantitative estimate of drug-likeness (QED) is 0.0350. The minimum absolute atomic E-state index is 0.0661. The van der Waals surface area contributed by atoms with Crippen LogP contribution in [0.15, 0.2) is 0 Å². The van der Waals surface area contributed by atoms with E-state index in [4.69, 9.17) is 14.2 Å². The van der Waals surface area contributed by atoms with Crippen molar-refractivity contribution in [3.05, 3.63) is 0 Å². The molecule has 0 bridgehead atoms. The fraction of sp³-hybridized carbons (Fsp3) is 0.938. The number of hydrogen-bond acceptors (Lipinski definition) is 6. The van der Waals surface area contributed by atoms with Gasteiger partial charge in [-0.2, -0.15) is 0 Å². The predicted octanol–water partition coefficient (Wildman–Crippen LogP) is 15.0. The Balaban J connectivity index is 4.04. The Hall–Kier alpha value is -1.59. The lowest BCUT2D eigenvalue weighted by Crippen LogP contribution is -2.30. The molecule has 0 saturated carbocycles. The first-order valence-electron chi connectivity index (χ1n) is 23.7. The maximum Gasteiger partial charge on any atom is 0.306 e. The van der Waals surface area contributed by atoms with Crippen molar-refractivity contribution in [1.29, 1.82) is 0 Å². The Kier molecular flexibility index (Phi) is 39.8. The molecule has 1 atom stereocenters. The molecule has 0 aromatic heterocycles. The largest absolute Gasteiger partial charge is 0.462 e. The second-order valence-corrected chi connectivity index (χ2v) is 17.3. The van der Waals surface area contributed by atoms with Crippen molar-refractivity contribution >= 4 is 17.9 Å². The average Bonchev–Trinajstić information content (AvgIpc) is 3.14. The Bertz CT molecular complexity index is 824. The summed E-state index contributed by atoms with van der Waals surface area (Å²) in [5.74, 6) is 0.765. The van der Waals surface area contributed by atoms with Gasteiger partial charge in [0.25, 0.3) is 0 Å². The molecule has 0 radical (unpaired) electrons. The standard InChI is InChI=1S/C48H92O6/c1-6-7-8-26-33-38-46(49)52-41-45(54-48(51)40-35-30-25-21-23-28-32-37-44(4)5)42-53-47(50)39-34-29-24-20-18-16-14-12-10-9-11-13-15-17-19-22-27-31-36-43(2)3/h43-45H,6-42H2,1-5H3/t45-/m1/s1. The summed E-state index contributed by atoms with van der Waals surface area (Å²) in [5, 5.41) is 0. The minimum Gasteiger partial charge on any atom is -0.462 e. The summed E-state index contributed by atoms with van der Waals surface area (Å²) in [6.07, 6.45) is 40.0. The first-order chi connectivity index (χ1) is 26.2. The third-order valence-corrected chi connectivity index (χ3v) is 10.7. The van der Waals surface area contributed by atoms with E-state index in [0.29, 0.717) is 19.3 Å². The first kappa shape index (κ1) is 52.4. The molecule has 0 saturated heterocycles. The molecule has 0 amide bonds. The van der Waals surface area contributed by atoms with Crippen molar-refractivity contribution in [2.24, 2.45) is 11.8 Å². The maximum atomic E-state index is 12.6. The fourth-order valence-corrected chi connectivity index (χ4v) is 7.11. The van der Waals surface area contributed by atoms with Crippen LogP contribution in [0.3, 0.4) is 0 Å². The van der Waals surface area contributed by atoms with Crippen LogP contribution in [0.5, 0.6) is 0 Å². The first-order valence-corrected chi connectivity index (χ1v) is 23.7. The topological polar surface area (TPSA) is 78.9 Å². The van der Waals surface area contributed by atoms with Gasteiger partial charge in [0.15, 0.2) is 6.10 Å². The Morgan fingerprint density at radius 1 is 0.352 bits per heavy atom. The van der Waals surface area contributed by atoms with Gasteiger partial charge >= 0.3 is 17.9 Å². The number of carbonyl (C=O) groups is 3. The number of hydrogen-bond donors (Lipinski definition) is 0. The molecule has 0 aliphatic rings. The van der Waals surface area contributed by atoms with Gasteiger partial charge in [0.1, 0.15) is 13.2 Å². The van der Waals surface area contributed by atoms with Crippen molar-refractivity contribution in [3.8, 4) is 0 Å². The van der Waals surface area contributed by atoms with Gasteiger partial charge in [-0.05, 0) is 31.1 Å². The number of carbonyl (C=O) groups excluding carboxylic acids is 3. The Labute approximate surface area is 336 Å². The van der Waals surface area contributed by atoms with Crippen LogP contribution in [0.25, 0.3) is 0 Å². The van der Waals surface area contributed by atoms with Crippen molar-refractivity contribution < 1.29 is 28.6 Å². The molecule has 0 unspecified atom stereocenters. The van der Waals surface area contributed by atoms with E-state index < -0.39 is 6.10 Å². The molecule has 0 aliphatic carbocycles. The van der Waals surface area contributed by atoms with E-state index in [0.717, 1.165) is 76.0 Å². The van der Waals surface area contributed by atoms with Crippen LogP contribution in [0.2, 0.25) is 0 Å². The molecule has 0 aliphatic heterocycles. The summed E-state index contributed by atoms with van der Waals surface area (Å²) in [4.78, 5) is 37.4. The zero-order valence-electron chi connectivity index (χ0n) is 36.8. The molecule has 0 rings (SSSR count). The third-order valence-electron chi connectivity index (χ3n) is 10.7. The number of ether oxygens (including phenoxy) is 3. The van der Waals surface area contributed by atoms with Gasteiger partial charge in [0.2, 0.25) is 0 Å². The van der Waals surface area contributed by atoms with Gasteiger partial charge in [-0.15, -0.1) is 0 Å². The highest BCUT2D eigenvalue weighted by Crippen LogP contribution is 2.17. The highest BCUT2D eigenvalue weighted by atomic mass is 16.6. The fourth-order valence-electron chi connectivity index (χ4n) is 7.11. The van der Waals surface area contributed by atoms with Gasteiger partial charge in [-0.1, -0.05) is 221 Å². The van der Waals surface area contributed by atoms with Gasteiger partial charge in [0, 0.05) is 19.3 Å². The number of esters is 3. The molecule has 0 fully saturated rings. The van der Waals surface area contributed by atoms with Crippen molar-refractivity contribution in [1.82, 2.24) is 0 Å². The van der Waals surface area contributed by atoms with E-state index in [1.165, 1.54) is 141 Å². The van der Waals surface area contributed by atoms with Crippen LogP contribution in [0.4, 0.5) is 0 Å². The molecular formula is C48H92O6. The van der Waals surface area contributed by atoms with Crippen molar-refractivity contribution in [2.45, 2.75) is 265 Å². The summed E-state index contributed by atoms with van der Waals surface area (Å²) in [5.41, 5.74) is 0. The molecular weight excluding hydrogens is 673 g/mol. The van der Waals surface area contributed by atoms with E-state index in [9.17, 15) is 14.4 Å². The van der Waals surface area contributed by atoms with Crippen LogP contribution in [-0.2, 0) is 28.6 Å². The zero-order valence-corrected chi connectivity index (χ0v) is 36.8. The van der Waals surface area contributed by atoms with Crippen LogP contribution in [0, 0.1) is 11.8 Å². The SMILES string of the molecule is CCCCCCCC(=O)OC[C@H](COC(=O)CCCCCCCCCCCCCCCCCCCCC(C)C)OC(=O)CCCCCCCCCC(C)C. The normalized spacial score (nSPS) is 12.1. The lowest BCUT2D eigenvalue weighted by molar-refractivity contribution is -0.167. The van der Waals surface area contributed by atoms with E-state index in [1.54, 1.807) is 0 Å². The highest BCUT2D eigenvalue weighted by molar-refractivity contribution is 5.71. The molecule has 0 aromatic carbocycles. The number of rotatable bonds is 42. The molecule has 0 aromatic rings. The Morgan fingerprint density at radius 3 is 0.907 bits per heavy atom. The van der Waals surface area contributed by atoms with Crippen molar-refractivity contribution in [2.75, 3.05) is 13.2 Å². The molecule has 0 spiro atoms. The summed E-state index contributed by atoms with van der Waals surface area (Å²) in [6.45, 7) is 11.2. The molecule has 320 valence electrons. The van der Waals surface area contributed by atoms with Crippen LogP contribution in [0.1, 0.15) is 259 Å². The van der Waals surface area contributed by atoms with Crippen LogP contribution in [-0.4, -0.2) is 37.2 Å². The predicted molar refractivity (Wildman–Crippen MR) is 229 cm³/mol. The summed E-state index contributed by atoms with van der Waals surface area (Å²) in [6, 6.07) is 0. The summed E-state index contributed by atoms with van der Waals surface area (Å²) < 4.78 is 16.6. The molecule has 0 heterocycles. The van der Waals surface area contributed by atoms with Gasteiger partial charge in [0.05, 0.1) is 0 Å². The monoisotopic (exact) mass is 765 g/mol. The third kappa shape index (κ3) is 41.6. The average molecular weight is 765 g/mol. The van der Waals surface area contributed by atoms with E-state index in [1.807, 2.05) is 0 Å². The molecule has 54 heavy (non-hydrogen) atoms. The Morgan fingerprint density at radius 2 is 0.611 bits per heavy atom. The maximum absolute atomic E-state index is 12.6. The van der Waals surface area contributed by atoms with Gasteiger partial charge in [-0.25, -0.2) is 0 Å². The second kappa shape index (κ2) is 41.1. The lowest BCUT2D eigenvalue weighted by atomic mass is 10.0. The molecule has 6 nitrogen and oxygen atoms in total. The zero-order chi connectivity index (χ0) is 39.7. The van der Waals surface area contributed by atoms with E-state index in [-0.39, 0.29) is 31.1 Å². The smallest absolute Gasteiger partial charge is 0.306 e. The van der Waals surface area contributed by atoms with Crippen LogP contribution >= 0.6 is 0 Å². The minimum atomic E-state index is -0.759. The van der Waals surface area contributed by atoms with Gasteiger partial charge in [-0.3, -0.25) is 14.4 Å². The summed E-state index contributed by atoms with van der Waals surface area (Å²) in [7, 11) is 0. The molecule has 6 heteroatoms. The lowest BCUT2D eigenvalue weighted by Gasteiger charge is -2.18. The number of unbranched alkanes of at least 4 members (excludes halogenated alkanes) is 27. The highest BCUT2D eigenvalue weighted by Gasteiger charge is 2.19. The van der Waals surface area contributed by atoms with E-state index in [2.05, 4.69) is 34.6 Å². The van der Waals surface area contributed by atoms with Crippen molar-refractivity contribution in [3.63, 3.8) is 0 Å². The second-order valence-electron chi connectivity index (χ2n) is 17.3. The summed E-state index contributed by atoms with van der Waals surface area (Å²) >= 11 is 0. The molecule has 0 N–H and O–H groups in total. The van der Waals surface area contributed by atoms with Crippen LogP contribution < -0.4 is 0 Å².